The molecule has 3 unspecified atom stereocenters. The van der Waals surface area contributed by atoms with E-state index in [9.17, 15) is 0 Å². The van der Waals surface area contributed by atoms with Crippen LogP contribution in [-0.2, 0) is 13.0 Å². The fraction of sp³-hybridized carbons (Fsp3) is 0.800. The molecular weight excluding hydrogens is 236 g/mol. The van der Waals surface area contributed by atoms with Gasteiger partial charge in [0.05, 0.1) is 6.20 Å². The highest BCUT2D eigenvalue weighted by Crippen LogP contribution is 2.38. The molecule has 2 aliphatic heterocycles. The summed E-state index contributed by atoms with van der Waals surface area (Å²) >= 11 is 0. The SMILES string of the molecule is CCn1cc(CC(N)C2CC3CCC(C2)N3C)cn1. The molecule has 3 heterocycles. The zero-order chi connectivity index (χ0) is 13.4. The second-order valence-corrected chi connectivity index (χ2v) is 6.35. The van der Waals surface area contributed by atoms with E-state index in [-0.39, 0.29) is 0 Å². The molecule has 2 fully saturated rings. The van der Waals surface area contributed by atoms with Crippen LogP contribution < -0.4 is 5.73 Å². The number of rotatable bonds is 4. The van der Waals surface area contributed by atoms with Gasteiger partial charge in [-0.3, -0.25) is 4.68 Å². The van der Waals surface area contributed by atoms with Crippen LogP contribution in [0.5, 0.6) is 0 Å². The predicted molar refractivity (Wildman–Crippen MR) is 76.9 cm³/mol. The number of nitrogens with zero attached hydrogens (tertiary/aromatic N) is 3. The van der Waals surface area contributed by atoms with Crippen molar-refractivity contribution < 1.29 is 0 Å². The Hall–Kier alpha value is -0.870. The van der Waals surface area contributed by atoms with Gasteiger partial charge in [0, 0.05) is 30.9 Å². The van der Waals surface area contributed by atoms with Crippen LogP contribution in [0.1, 0.15) is 38.2 Å². The monoisotopic (exact) mass is 262 g/mol. The summed E-state index contributed by atoms with van der Waals surface area (Å²) in [5, 5.41) is 4.34. The molecule has 0 aliphatic carbocycles. The number of hydrogen-bond acceptors (Lipinski definition) is 3. The molecule has 19 heavy (non-hydrogen) atoms. The standard InChI is InChI=1S/C15H26N4/c1-3-19-10-11(9-17-19)6-15(16)12-7-13-4-5-14(8-12)18(13)2/h9-10,12-15H,3-8,16H2,1-2H3. The molecule has 4 nitrogen and oxygen atoms in total. The minimum absolute atomic E-state index is 0.298. The van der Waals surface area contributed by atoms with E-state index < -0.39 is 0 Å². The number of aromatic nitrogens is 2. The second kappa shape index (κ2) is 5.25. The molecule has 4 heteroatoms. The third kappa shape index (κ3) is 2.56. The van der Waals surface area contributed by atoms with Crippen LogP contribution in [0.25, 0.3) is 0 Å². The molecule has 0 radical (unpaired) electrons. The van der Waals surface area contributed by atoms with Crippen molar-refractivity contribution in [3.05, 3.63) is 18.0 Å². The molecule has 1 aromatic heterocycles. The van der Waals surface area contributed by atoms with Crippen LogP contribution in [0.3, 0.4) is 0 Å². The lowest BCUT2D eigenvalue weighted by Gasteiger charge is -2.38. The Kier molecular flexibility index (Phi) is 3.63. The number of piperidine rings is 1. The Morgan fingerprint density at radius 3 is 2.63 bits per heavy atom. The Balaban J connectivity index is 1.60. The van der Waals surface area contributed by atoms with Crippen molar-refractivity contribution >= 4 is 0 Å². The minimum atomic E-state index is 0.298. The number of fused-ring (bicyclic) bond motifs is 2. The Morgan fingerprint density at radius 2 is 2.05 bits per heavy atom. The molecule has 0 saturated carbocycles. The molecule has 0 amide bonds. The lowest BCUT2D eigenvalue weighted by molar-refractivity contribution is 0.120. The lowest BCUT2D eigenvalue weighted by atomic mass is 9.83. The number of aryl methyl sites for hydroxylation is 1. The average Bonchev–Trinajstić information content (AvgIpc) is 2.91. The van der Waals surface area contributed by atoms with Crippen LogP contribution in [0.15, 0.2) is 12.4 Å². The minimum Gasteiger partial charge on any atom is -0.327 e. The third-order valence-electron chi connectivity index (χ3n) is 5.22. The first-order valence-corrected chi connectivity index (χ1v) is 7.66. The van der Waals surface area contributed by atoms with Gasteiger partial charge >= 0.3 is 0 Å². The third-order valence-corrected chi connectivity index (χ3v) is 5.22. The summed E-state index contributed by atoms with van der Waals surface area (Å²) in [5.74, 6) is 0.693. The summed E-state index contributed by atoms with van der Waals surface area (Å²) in [5.41, 5.74) is 7.77. The molecule has 106 valence electrons. The smallest absolute Gasteiger partial charge is 0.0522 e. The molecule has 3 atom stereocenters. The van der Waals surface area contributed by atoms with Gasteiger partial charge in [0.1, 0.15) is 0 Å². The average molecular weight is 262 g/mol. The molecule has 0 aromatic carbocycles. The van der Waals surface area contributed by atoms with Crippen LogP contribution in [0.2, 0.25) is 0 Å². The van der Waals surface area contributed by atoms with Gasteiger partial charge in [-0.2, -0.15) is 5.10 Å². The van der Waals surface area contributed by atoms with Gasteiger partial charge in [-0.25, -0.2) is 0 Å². The van der Waals surface area contributed by atoms with Gasteiger partial charge in [0.25, 0.3) is 0 Å². The van der Waals surface area contributed by atoms with Crippen LogP contribution in [-0.4, -0.2) is 39.9 Å². The van der Waals surface area contributed by atoms with E-state index in [0.717, 1.165) is 25.0 Å². The second-order valence-electron chi connectivity index (χ2n) is 6.35. The maximum atomic E-state index is 6.47. The van der Waals surface area contributed by atoms with Crippen molar-refractivity contribution in [3.63, 3.8) is 0 Å². The van der Waals surface area contributed by atoms with E-state index in [1.54, 1.807) is 0 Å². The maximum absolute atomic E-state index is 6.47. The van der Waals surface area contributed by atoms with E-state index in [1.807, 2.05) is 10.9 Å². The topological polar surface area (TPSA) is 47.1 Å². The highest BCUT2D eigenvalue weighted by Gasteiger charge is 2.40. The van der Waals surface area contributed by atoms with Gasteiger partial charge in [0.2, 0.25) is 0 Å². The zero-order valence-electron chi connectivity index (χ0n) is 12.1. The fourth-order valence-electron chi connectivity index (χ4n) is 3.93. The summed E-state index contributed by atoms with van der Waals surface area (Å²) in [7, 11) is 2.29. The summed E-state index contributed by atoms with van der Waals surface area (Å²) < 4.78 is 1.99. The molecule has 1 aromatic rings. The molecular formula is C15H26N4. The summed E-state index contributed by atoms with van der Waals surface area (Å²) in [4.78, 5) is 2.58. The van der Waals surface area contributed by atoms with E-state index in [4.69, 9.17) is 5.73 Å². The van der Waals surface area contributed by atoms with Crippen LogP contribution in [0.4, 0.5) is 0 Å². The summed E-state index contributed by atoms with van der Waals surface area (Å²) in [6, 6.07) is 1.87. The largest absolute Gasteiger partial charge is 0.327 e. The highest BCUT2D eigenvalue weighted by atomic mass is 15.3. The normalized spacial score (nSPS) is 32.7. The lowest BCUT2D eigenvalue weighted by Crippen LogP contribution is -2.46. The zero-order valence-corrected chi connectivity index (χ0v) is 12.1. The molecule has 2 saturated heterocycles. The number of nitrogens with two attached hydrogens (primary N) is 1. The van der Waals surface area contributed by atoms with Crippen molar-refractivity contribution in [2.45, 2.75) is 63.7 Å². The van der Waals surface area contributed by atoms with Gasteiger partial charge in [-0.1, -0.05) is 0 Å². The van der Waals surface area contributed by atoms with Crippen LogP contribution >= 0.6 is 0 Å². The quantitative estimate of drug-likeness (QED) is 0.897. The fourth-order valence-corrected chi connectivity index (χ4v) is 3.93. The van der Waals surface area contributed by atoms with Gasteiger partial charge in [-0.05, 0) is 57.6 Å². The van der Waals surface area contributed by atoms with Crippen molar-refractivity contribution in [2.75, 3.05) is 7.05 Å². The van der Waals surface area contributed by atoms with E-state index in [0.29, 0.717) is 12.0 Å². The molecule has 2 N–H and O–H groups in total. The van der Waals surface area contributed by atoms with Crippen molar-refractivity contribution in [1.82, 2.24) is 14.7 Å². The molecule has 0 spiro atoms. The number of hydrogen-bond donors (Lipinski definition) is 1. The Morgan fingerprint density at radius 1 is 1.37 bits per heavy atom. The van der Waals surface area contributed by atoms with Gasteiger partial charge in [-0.15, -0.1) is 0 Å². The first kappa shape index (κ1) is 13.1. The van der Waals surface area contributed by atoms with E-state index in [2.05, 4.69) is 30.2 Å². The van der Waals surface area contributed by atoms with Crippen molar-refractivity contribution in [1.29, 1.82) is 0 Å². The Labute approximate surface area is 116 Å². The van der Waals surface area contributed by atoms with Crippen molar-refractivity contribution in [2.24, 2.45) is 11.7 Å². The predicted octanol–water partition coefficient (Wildman–Crippen LogP) is 1.65. The summed E-state index contributed by atoms with van der Waals surface area (Å²) in [6.45, 7) is 3.05. The Bertz CT molecular complexity index is 414. The van der Waals surface area contributed by atoms with E-state index >= 15 is 0 Å². The van der Waals surface area contributed by atoms with Gasteiger partial charge < -0.3 is 10.6 Å². The molecule has 2 aliphatic rings. The molecule has 2 bridgehead atoms. The first-order valence-electron chi connectivity index (χ1n) is 7.66. The summed E-state index contributed by atoms with van der Waals surface area (Å²) in [6.07, 6.45) is 10.4. The first-order chi connectivity index (χ1) is 9.17. The van der Waals surface area contributed by atoms with E-state index in [1.165, 1.54) is 31.2 Å². The highest BCUT2D eigenvalue weighted by molar-refractivity contribution is 5.08. The molecule has 3 rings (SSSR count). The maximum Gasteiger partial charge on any atom is 0.0522 e. The van der Waals surface area contributed by atoms with Gasteiger partial charge in [0.15, 0.2) is 0 Å². The van der Waals surface area contributed by atoms with Crippen LogP contribution in [0, 0.1) is 5.92 Å². The van der Waals surface area contributed by atoms with Crippen molar-refractivity contribution in [3.8, 4) is 0 Å².